The van der Waals surface area contributed by atoms with Gasteiger partial charge in [-0.2, -0.15) is 0 Å². The summed E-state index contributed by atoms with van der Waals surface area (Å²) in [5.74, 6) is 0.0368. The number of ether oxygens (including phenoxy) is 1. The molecular weight excluding hydrogens is 264 g/mol. The van der Waals surface area contributed by atoms with E-state index in [0.717, 1.165) is 11.3 Å². The van der Waals surface area contributed by atoms with Gasteiger partial charge >= 0.3 is 0 Å². The van der Waals surface area contributed by atoms with Crippen LogP contribution in [-0.4, -0.2) is 25.6 Å². The van der Waals surface area contributed by atoms with Crippen LogP contribution in [0.2, 0.25) is 0 Å². The fourth-order valence-corrected chi connectivity index (χ4v) is 2.65. The fraction of sp³-hybridized carbons (Fsp3) is 0.588. The predicted molar refractivity (Wildman–Crippen MR) is 85.3 cm³/mol. The van der Waals surface area contributed by atoms with E-state index in [1.165, 1.54) is 32.1 Å². The fourth-order valence-electron chi connectivity index (χ4n) is 2.65. The lowest BCUT2D eigenvalue weighted by Gasteiger charge is -2.22. The van der Waals surface area contributed by atoms with Crippen molar-refractivity contribution in [1.29, 1.82) is 0 Å². The summed E-state index contributed by atoms with van der Waals surface area (Å²) in [6.45, 7) is 1.32. The molecule has 1 aliphatic carbocycles. The number of benzene rings is 1. The first-order valence-corrected chi connectivity index (χ1v) is 7.93. The van der Waals surface area contributed by atoms with E-state index in [4.69, 9.17) is 4.74 Å². The Morgan fingerprint density at radius 2 is 2.10 bits per heavy atom. The molecule has 4 nitrogen and oxygen atoms in total. The van der Waals surface area contributed by atoms with Crippen LogP contribution >= 0.6 is 0 Å². The quantitative estimate of drug-likeness (QED) is 0.811. The Bertz CT molecular complexity index is 442. The summed E-state index contributed by atoms with van der Waals surface area (Å²) < 4.78 is 5.97. The zero-order chi connectivity index (χ0) is 14.9. The van der Waals surface area contributed by atoms with Crippen molar-refractivity contribution in [3.05, 3.63) is 29.8 Å². The van der Waals surface area contributed by atoms with Crippen LogP contribution in [0.3, 0.4) is 0 Å². The molecule has 1 aromatic rings. The summed E-state index contributed by atoms with van der Waals surface area (Å²) >= 11 is 0. The molecule has 116 valence electrons. The summed E-state index contributed by atoms with van der Waals surface area (Å²) in [6, 6.07) is 7.93. The third-order valence-electron chi connectivity index (χ3n) is 3.85. The lowest BCUT2D eigenvalue weighted by Crippen LogP contribution is -2.19. The van der Waals surface area contributed by atoms with Gasteiger partial charge in [-0.25, -0.2) is 0 Å². The van der Waals surface area contributed by atoms with Crippen LogP contribution in [-0.2, 0) is 16.1 Å². The Kier molecular flexibility index (Phi) is 6.70. The lowest BCUT2D eigenvalue weighted by atomic mass is 9.98. The van der Waals surface area contributed by atoms with Gasteiger partial charge in [0.1, 0.15) is 0 Å². The number of hydrogen-bond acceptors (Lipinski definition) is 3. The second-order valence-corrected chi connectivity index (χ2v) is 5.67. The number of nitrogens with one attached hydrogen (secondary N) is 2. The molecule has 0 atom stereocenters. The highest BCUT2D eigenvalue weighted by Crippen LogP contribution is 2.22. The summed E-state index contributed by atoms with van der Waals surface area (Å²) in [7, 11) is 1.84. The first-order chi connectivity index (χ1) is 10.3. The van der Waals surface area contributed by atoms with Crippen molar-refractivity contribution in [3.8, 4) is 0 Å². The van der Waals surface area contributed by atoms with E-state index >= 15 is 0 Å². The molecule has 2 rings (SSSR count). The normalized spacial score (nSPS) is 15.9. The molecule has 0 saturated heterocycles. The maximum Gasteiger partial charge on any atom is 0.225 e. The van der Waals surface area contributed by atoms with E-state index in [2.05, 4.69) is 10.6 Å². The van der Waals surface area contributed by atoms with Gasteiger partial charge in [0.25, 0.3) is 0 Å². The molecule has 4 heteroatoms. The average Bonchev–Trinajstić information content (AvgIpc) is 2.52. The van der Waals surface area contributed by atoms with E-state index in [1.54, 1.807) is 0 Å². The van der Waals surface area contributed by atoms with E-state index in [0.29, 0.717) is 25.7 Å². The van der Waals surface area contributed by atoms with Crippen molar-refractivity contribution in [2.45, 2.75) is 51.2 Å². The molecular formula is C17H26N2O2. The third kappa shape index (κ3) is 5.86. The Morgan fingerprint density at radius 1 is 1.29 bits per heavy atom. The molecule has 1 fully saturated rings. The molecule has 2 N–H and O–H groups in total. The smallest absolute Gasteiger partial charge is 0.225 e. The zero-order valence-corrected chi connectivity index (χ0v) is 12.9. The molecule has 21 heavy (non-hydrogen) atoms. The van der Waals surface area contributed by atoms with Gasteiger partial charge in [-0.15, -0.1) is 0 Å². The monoisotopic (exact) mass is 290 g/mol. The second kappa shape index (κ2) is 8.80. The van der Waals surface area contributed by atoms with Crippen LogP contribution in [0.5, 0.6) is 0 Å². The molecule has 1 aromatic carbocycles. The van der Waals surface area contributed by atoms with Gasteiger partial charge in [-0.1, -0.05) is 31.4 Å². The highest BCUT2D eigenvalue weighted by atomic mass is 16.5. The van der Waals surface area contributed by atoms with Crippen LogP contribution in [0.25, 0.3) is 0 Å². The van der Waals surface area contributed by atoms with Crippen molar-refractivity contribution >= 4 is 11.6 Å². The minimum atomic E-state index is 0.0368. The number of carbonyl (C=O) groups excluding carboxylic acids is 1. The predicted octanol–water partition coefficient (Wildman–Crippen LogP) is 3.08. The molecule has 1 amide bonds. The lowest BCUT2D eigenvalue weighted by molar-refractivity contribution is -0.116. The maximum atomic E-state index is 11.7. The second-order valence-electron chi connectivity index (χ2n) is 5.67. The third-order valence-corrected chi connectivity index (χ3v) is 3.85. The van der Waals surface area contributed by atoms with Gasteiger partial charge < -0.3 is 15.4 Å². The van der Waals surface area contributed by atoms with Crippen molar-refractivity contribution in [3.63, 3.8) is 0 Å². The minimum absolute atomic E-state index is 0.0368. The van der Waals surface area contributed by atoms with Crippen LogP contribution in [0, 0.1) is 0 Å². The number of carbonyl (C=O) groups is 1. The van der Waals surface area contributed by atoms with Crippen LogP contribution in [0.1, 0.15) is 44.1 Å². The van der Waals surface area contributed by atoms with Crippen molar-refractivity contribution in [2.24, 2.45) is 0 Å². The molecule has 0 heterocycles. The van der Waals surface area contributed by atoms with Crippen LogP contribution in [0.4, 0.5) is 5.69 Å². The average molecular weight is 290 g/mol. The van der Waals surface area contributed by atoms with Crippen molar-refractivity contribution in [1.82, 2.24) is 5.32 Å². The van der Waals surface area contributed by atoms with Gasteiger partial charge in [0, 0.05) is 18.7 Å². The number of rotatable bonds is 7. The van der Waals surface area contributed by atoms with Crippen molar-refractivity contribution < 1.29 is 9.53 Å². The van der Waals surface area contributed by atoms with Crippen LogP contribution < -0.4 is 10.6 Å². The topological polar surface area (TPSA) is 50.4 Å². The number of anilines is 1. The number of hydrogen-bond donors (Lipinski definition) is 2. The zero-order valence-electron chi connectivity index (χ0n) is 12.9. The summed E-state index contributed by atoms with van der Waals surface area (Å²) in [4.78, 5) is 11.7. The molecule has 0 unspecified atom stereocenters. The SMILES string of the molecule is CNCCC(=O)Nc1cccc(COC2CCCCC2)c1. The minimum Gasteiger partial charge on any atom is -0.374 e. The van der Waals surface area contributed by atoms with Crippen molar-refractivity contribution in [2.75, 3.05) is 18.9 Å². The number of amides is 1. The van der Waals surface area contributed by atoms with Crippen LogP contribution in [0.15, 0.2) is 24.3 Å². The highest BCUT2D eigenvalue weighted by Gasteiger charge is 2.13. The molecule has 0 aromatic heterocycles. The molecule has 0 radical (unpaired) electrons. The standard InChI is InChI=1S/C17H26N2O2/c1-18-11-10-17(20)19-15-7-5-6-14(12-15)13-21-16-8-3-2-4-9-16/h5-7,12,16,18H,2-4,8-11,13H2,1H3,(H,19,20). The Labute approximate surface area is 127 Å². The van der Waals surface area contributed by atoms with Gasteiger partial charge in [-0.05, 0) is 37.6 Å². The van der Waals surface area contributed by atoms with E-state index < -0.39 is 0 Å². The van der Waals surface area contributed by atoms with Gasteiger partial charge in [0.05, 0.1) is 12.7 Å². The van der Waals surface area contributed by atoms with Gasteiger partial charge in [-0.3, -0.25) is 4.79 Å². The molecule has 1 saturated carbocycles. The summed E-state index contributed by atoms with van der Waals surface area (Å²) in [5, 5.41) is 5.89. The van der Waals surface area contributed by atoms with E-state index in [9.17, 15) is 4.79 Å². The molecule has 0 spiro atoms. The summed E-state index contributed by atoms with van der Waals surface area (Å²) in [5.41, 5.74) is 1.97. The Balaban J connectivity index is 1.80. The van der Waals surface area contributed by atoms with Gasteiger partial charge in [0.15, 0.2) is 0 Å². The van der Waals surface area contributed by atoms with Gasteiger partial charge in [0.2, 0.25) is 5.91 Å². The first-order valence-electron chi connectivity index (χ1n) is 7.93. The Morgan fingerprint density at radius 3 is 2.86 bits per heavy atom. The molecule has 1 aliphatic rings. The van der Waals surface area contributed by atoms with E-state index in [-0.39, 0.29) is 5.91 Å². The molecule has 0 aliphatic heterocycles. The first kappa shape index (κ1) is 16.0. The molecule has 0 bridgehead atoms. The summed E-state index contributed by atoms with van der Waals surface area (Å²) in [6.07, 6.45) is 7.17. The highest BCUT2D eigenvalue weighted by molar-refractivity contribution is 5.90. The largest absolute Gasteiger partial charge is 0.374 e. The maximum absolute atomic E-state index is 11.7. The Hall–Kier alpha value is -1.39. The van der Waals surface area contributed by atoms with E-state index in [1.807, 2.05) is 31.3 Å².